The molecule has 0 unspecified atom stereocenters. The molecule has 0 radical (unpaired) electrons. The molecule has 0 aliphatic rings. The average Bonchev–Trinajstić information content (AvgIpc) is 2.08. The monoisotopic (exact) mass is 212 g/mol. The number of fused-ring (bicyclic) bond motifs is 1. The molecule has 0 aliphatic heterocycles. The highest BCUT2D eigenvalue weighted by molar-refractivity contribution is 6.29. The van der Waals surface area contributed by atoms with Crippen molar-refractivity contribution in [1.82, 2.24) is 19.9 Å². The van der Waals surface area contributed by atoms with Crippen molar-refractivity contribution in [3.8, 4) is 0 Å². The molecule has 0 aromatic carbocycles. The fourth-order valence-electron chi connectivity index (χ4n) is 1.08. The van der Waals surface area contributed by atoms with Crippen LogP contribution in [0.15, 0.2) is 9.59 Å². The second kappa shape index (κ2) is 2.91. The number of H-pyrrole nitrogens is 2. The minimum Gasteiger partial charge on any atom is -0.309 e. The second-order valence-corrected chi connectivity index (χ2v) is 3.06. The van der Waals surface area contributed by atoms with E-state index in [9.17, 15) is 9.59 Å². The van der Waals surface area contributed by atoms with Gasteiger partial charge in [0, 0.05) is 0 Å². The fourth-order valence-corrected chi connectivity index (χ4v) is 1.21. The van der Waals surface area contributed by atoms with Gasteiger partial charge in [0.15, 0.2) is 16.3 Å². The van der Waals surface area contributed by atoms with Crippen LogP contribution in [0, 0.1) is 6.92 Å². The summed E-state index contributed by atoms with van der Waals surface area (Å²) in [6, 6.07) is 0. The number of nitrogens with zero attached hydrogens (tertiary/aromatic N) is 2. The Morgan fingerprint density at radius 1 is 1.14 bits per heavy atom. The van der Waals surface area contributed by atoms with E-state index in [1.165, 1.54) is 0 Å². The Morgan fingerprint density at radius 3 is 2.57 bits per heavy atom. The molecule has 0 aliphatic carbocycles. The van der Waals surface area contributed by atoms with E-state index in [4.69, 9.17) is 11.6 Å². The number of aryl methyl sites for hydroxylation is 1. The summed E-state index contributed by atoms with van der Waals surface area (Å²) in [4.78, 5) is 34.7. The van der Waals surface area contributed by atoms with Crippen LogP contribution in [0.5, 0.6) is 0 Å². The first kappa shape index (κ1) is 8.89. The SMILES string of the molecule is Cc1nc2[nH]c(=O)c(Cl)nc2c(=O)[nH]1. The van der Waals surface area contributed by atoms with Gasteiger partial charge in [-0.15, -0.1) is 0 Å². The molecule has 0 atom stereocenters. The summed E-state index contributed by atoms with van der Waals surface area (Å²) >= 11 is 5.46. The summed E-state index contributed by atoms with van der Waals surface area (Å²) in [6.45, 7) is 1.60. The zero-order valence-electron chi connectivity index (χ0n) is 7.09. The van der Waals surface area contributed by atoms with Crippen LogP contribution in [0.25, 0.3) is 11.2 Å². The Morgan fingerprint density at radius 2 is 1.86 bits per heavy atom. The highest BCUT2D eigenvalue weighted by Crippen LogP contribution is 2.01. The first-order valence-electron chi connectivity index (χ1n) is 3.74. The lowest BCUT2D eigenvalue weighted by Gasteiger charge is -1.97. The van der Waals surface area contributed by atoms with Crippen molar-refractivity contribution >= 4 is 22.8 Å². The molecule has 0 saturated carbocycles. The van der Waals surface area contributed by atoms with Crippen LogP contribution in [0.1, 0.15) is 5.82 Å². The summed E-state index contributed by atoms with van der Waals surface area (Å²) in [6.07, 6.45) is 0. The van der Waals surface area contributed by atoms with E-state index in [-0.39, 0.29) is 16.3 Å². The van der Waals surface area contributed by atoms with E-state index >= 15 is 0 Å². The van der Waals surface area contributed by atoms with Gasteiger partial charge in [-0.2, -0.15) is 0 Å². The fraction of sp³-hybridized carbons (Fsp3) is 0.143. The third-order valence-corrected chi connectivity index (χ3v) is 1.90. The summed E-state index contributed by atoms with van der Waals surface area (Å²) in [5.74, 6) is 0.405. The number of hydrogen-bond acceptors (Lipinski definition) is 4. The first-order chi connectivity index (χ1) is 6.58. The van der Waals surface area contributed by atoms with Crippen LogP contribution in [0.2, 0.25) is 5.15 Å². The van der Waals surface area contributed by atoms with Gasteiger partial charge in [-0.05, 0) is 6.92 Å². The Labute approximate surface area is 82.0 Å². The van der Waals surface area contributed by atoms with Gasteiger partial charge in [0.25, 0.3) is 11.1 Å². The molecule has 2 heterocycles. The molecule has 2 N–H and O–H groups in total. The van der Waals surface area contributed by atoms with Gasteiger partial charge in [0.1, 0.15) is 5.82 Å². The highest BCUT2D eigenvalue weighted by Gasteiger charge is 2.06. The number of rotatable bonds is 0. The number of nitrogens with one attached hydrogen (secondary N) is 2. The van der Waals surface area contributed by atoms with Crippen molar-refractivity contribution in [2.24, 2.45) is 0 Å². The van der Waals surface area contributed by atoms with E-state index < -0.39 is 11.1 Å². The molecular formula is C7H5ClN4O2. The molecule has 2 rings (SSSR count). The lowest BCUT2D eigenvalue weighted by Crippen LogP contribution is -2.17. The zero-order chi connectivity index (χ0) is 10.3. The number of halogens is 1. The maximum atomic E-state index is 11.3. The molecule has 0 spiro atoms. The summed E-state index contributed by atoms with van der Waals surface area (Å²) in [5, 5.41) is -0.270. The Kier molecular flexibility index (Phi) is 1.85. The van der Waals surface area contributed by atoms with E-state index in [1.54, 1.807) is 6.92 Å². The maximum Gasteiger partial charge on any atom is 0.287 e. The molecule has 2 aromatic heterocycles. The molecule has 0 bridgehead atoms. The summed E-state index contributed by atoms with van der Waals surface area (Å²) in [7, 11) is 0. The van der Waals surface area contributed by atoms with Crippen molar-refractivity contribution < 1.29 is 0 Å². The molecule has 0 saturated heterocycles. The van der Waals surface area contributed by atoms with Crippen molar-refractivity contribution in [3.05, 3.63) is 31.7 Å². The number of aromatic amines is 2. The quantitative estimate of drug-likeness (QED) is 0.642. The van der Waals surface area contributed by atoms with Gasteiger partial charge in [-0.25, -0.2) is 9.97 Å². The molecular weight excluding hydrogens is 208 g/mol. The molecule has 6 nitrogen and oxygen atoms in total. The van der Waals surface area contributed by atoms with Gasteiger partial charge in [-0.3, -0.25) is 9.59 Å². The smallest absolute Gasteiger partial charge is 0.287 e. The van der Waals surface area contributed by atoms with Crippen LogP contribution in [0.4, 0.5) is 0 Å². The van der Waals surface area contributed by atoms with Crippen LogP contribution in [0.3, 0.4) is 0 Å². The normalized spacial score (nSPS) is 10.7. The second-order valence-electron chi connectivity index (χ2n) is 2.71. The van der Waals surface area contributed by atoms with Gasteiger partial charge >= 0.3 is 0 Å². The lowest BCUT2D eigenvalue weighted by molar-refractivity contribution is 1.02. The Balaban J connectivity index is 3.04. The van der Waals surface area contributed by atoms with Crippen LogP contribution in [-0.2, 0) is 0 Å². The third-order valence-electron chi connectivity index (χ3n) is 1.64. The molecule has 0 fully saturated rings. The van der Waals surface area contributed by atoms with Crippen molar-refractivity contribution in [2.45, 2.75) is 6.92 Å². The van der Waals surface area contributed by atoms with E-state index in [0.29, 0.717) is 5.82 Å². The standard InChI is InChI=1S/C7H5ClN4O2/c1-2-9-5-3(6(13)10-2)11-4(8)7(14)12-5/h1H3,(H2,9,10,12,13,14). The predicted molar refractivity (Wildman–Crippen MR) is 50.5 cm³/mol. The molecule has 2 aromatic rings. The van der Waals surface area contributed by atoms with E-state index in [2.05, 4.69) is 19.9 Å². The average molecular weight is 213 g/mol. The summed E-state index contributed by atoms with van der Waals surface area (Å²) in [5.41, 5.74) is -0.817. The number of aromatic nitrogens is 4. The van der Waals surface area contributed by atoms with E-state index in [0.717, 1.165) is 0 Å². The van der Waals surface area contributed by atoms with Crippen molar-refractivity contribution in [3.63, 3.8) is 0 Å². The molecule has 14 heavy (non-hydrogen) atoms. The van der Waals surface area contributed by atoms with Gasteiger partial charge in [-0.1, -0.05) is 11.6 Å². The van der Waals surface area contributed by atoms with Gasteiger partial charge in [0.2, 0.25) is 0 Å². The van der Waals surface area contributed by atoms with Gasteiger partial charge in [0.05, 0.1) is 0 Å². The predicted octanol–water partition coefficient (Wildman–Crippen LogP) is -0.0318. The number of hydrogen-bond donors (Lipinski definition) is 2. The topological polar surface area (TPSA) is 91.5 Å². The minimum atomic E-state index is -0.559. The van der Waals surface area contributed by atoms with Crippen molar-refractivity contribution in [2.75, 3.05) is 0 Å². The first-order valence-corrected chi connectivity index (χ1v) is 4.12. The zero-order valence-corrected chi connectivity index (χ0v) is 7.84. The van der Waals surface area contributed by atoms with Crippen LogP contribution < -0.4 is 11.1 Å². The maximum absolute atomic E-state index is 11.3. The van der Waals surface area contributed by atoms with Crippen LogP contribution >= 0.6 is 11.6 Å². The largest absolute Gasteiger partial charge is 0.309 e. The Hall–Kier alpha value is -1.69. The Bertz CT molecular complexity index is 615. The third kappa shape index (κ3) is 1.29. The van der Waals surface area contributed by atoms with Crippen LogP contribution in [-0.4, -0.2) is 19.9 Å². The van der Waals surface area contributed by atoms with Gasteiger partial charge < -0.3 is 9.97 Å². The van der Waals surface area contributed by atoms with E-state index in [1.807, 2.05) is 0 Å². The molecule has 72 valence electrons. The van der Waals surface area contributed by atoms with Crippen molar-refractivity contribution in [1.29, 1.82) is 0 Å². The lowest BCUT2D eigenvalue weighted by atomic mass is 10.5. The minimum absolute atomic E-state index is 0.0280. The molecule has 0 amide bonds. The summed E-state index contributed by atoms with van der Waals surface area (Å²) < 4.78 is 0. The molecule has 7 heteroatoms. The highest BCUT2D eigenvalue weighted by atomic mass is 35.5.